The molecule has 5 heteroatoms. The summed E-state index contributed by atoms with van der Waals surface area (Å²) in [7, 11) is 3.23. The van der Waals surface area contributed by atoms with E-state index in [1.807, 2.05) is 19.1 Å². The fraction of sp³-hybridized carbons (Fsp3) is 0.250. The van der Waals surface area contributed by atoms with Gasteiger partial charge in [0.1, 0.15) is 11.5 Å². The van der Waals surface area contributed by atoms with E-state index in [0.29, 0.717) is 5.56 Å². The number of nitrogens with zero attached hydrogens (tertiary/aromatic N) is 1. The maximum Gasteiger partial charge on any atom is 0.230 e. The summed E-state index contributed by atoms with van der Waals surface area (Å²) in [6.07, 6.45) is 1.56. The third-order valence-electron chi connectivity index (χ3n) is 2.58. The van der Waals surface area contributed by atoms with E-state index in [4.69, 9.17) is 19.7 Å². The van der Waals surface area contributed by atoms with Crippen molar-refractivity contribution >= 4 is 5.88 Å². The Kier molecular flexibility index (Phi) is 2.91. The minimum atomic E-state index is 0.260. The van der Waals surface area contributed by atoms with Gasteiger partial charge in [0.2, 0.25) is 5.88 Å². The molecule has 2 N–H and O–H groups in total. The van der Waals surface area contributed by atoms with E-state index in [9.17, 15) is 0 Å². The molecule has 90 valence electrons. The largest absolute Gasteiger partial charge is 0.497 e. The Morgan fingerprint density at radius 3 is 2.47 bits per heavy atom. The number of benzene rings is 1. The Hall–Kier alpha value is -2.17. The van der Waals surface area contributed by atoms with Gasteiger partial charge in [-0.05, 0) is 24.6 Å². The molecule has 0 aliphatic heterocycles. The third-order valence-corrected chi connectivity index (χ3v) is 2.58. The maximum absolute atomic E-state index is 5.71. The second-order valence-corrected chi connectivity index (χ2v) is 3.63. The van der Waals surface area contributed by atoms with Crippen LogP contribution >= 0.6 is 0 Å². The first-order valence-electron chi connectivity index (χ1n) is 5.10. The summed E-state index contributed by atoms with van der Waals surface area (Å²) < 4.78 is 15.5. The van der Waals surface area contributed by atoms with Gasteiger partial charge in [0.05, 0.1) is 26.0 Å². The van der Waals surface area contributed by atoms with E-state index in [0.717, 1.165) is 22.6 Å². The summed E-state index contributed by atoms with van der Waals surface area (Å²) in [4.78, 5) is 0. The second kappa shape index (κ2) is 4.37. The zero-order chi connectivity index (χ0) is 12.4. The fourth-order valence-electron chi connectivity index (χ4n) is 1.78. The quantitative estimate of drug-likeness (QED) is 0.881. The Balaban J connectivity index is 2.66. The van der Waals surface area contributed by atoms with E-state index < -0.39 is 0 Å². The van der Waals surface area contributed by atoms with Crippen LogP contribution in [-0.2, 0) is 0 Å². The number of nitrogens with two attached hydrogens (primary N) is 1. The smallest absolute Gasteiger partial charge is 0.230 e. The molecule has 0 radical (unpaired) electrons. The van der Waals surface area contributed by atoms with Crippen molar-refractivity contribution < 1.29 is 14.0 Å². The van der Waals surface area contributed by atoms with Crippen molar-refractivity contribution in [1.82, 2.24) is 5.16 Å². The van der Waals surface area contributed by atoms with Crippen LogP contribution in [0.15, 0.2) is 22.9 Å². The third kappa shape index (κ3) is 1.91. The van der Waals surface area contributed by atoms with E-state index >= 15 is 0 Å². The lowest BCUT2D eigenvalue weighted by Crippen LogP contribution is -1.95. The van der Waals surface area contributed by atoms with Crippen molar-refractivity contribution in [3.05, 3.63) is 23.9 Å². The second-order valence-electron chi connectivity index (χ2n) is 3.63. The van der Waals surface area contributed by atoms with Gasteiger partial charge in [-0.1, -0.05) is 5.16 Å². The first kappa shape index (κ1) is 11.3. The average molecular weight is 234 g/mol. The highest BCUT2D eigenvalue weighted by Crippen LogP contribution is 2.38. The molecular formula is C12H14N2O3. The van der Waals surface area contributed by atoms with E-state index in [1.165, 1.54) is 0 Å². The predicted octanol–water partition coefficient (Wildman–Crippen LogP) is 2.25. The summed E-state index contributed by atoms with van der Waals surface area (Å²) in [5, 5.41) is 3.66. The number of methoxy groups -OCH3 is 2. The van der Waals surface area contributed by atoms with Crippen LogP contribution in [0.3, 0.4) is 0 Å². The molecule has 2 rings (SSSR count). The number of rotatable bonds is 3. The Labute approximate surface area is 99.1 Å². The van der Waals surface area contributed by atoms with Gasteiger partial charge < -0.3 is 19.7 Å². The van der Waals surface area contributed by atoms with Crippen LogP contribution in [0.25, 0.3) is 11.1 Å². The van der Waals surface area contributed by atoms with Gasteiger partial charge in [0, 0.05) is 5.56 Å². The lowest BCUT2D eigenvalue weighted by Gasteiger charge is -2.12. The molecule has 17 heavy (non-hydrogen) atoms. The van der Waals surface area contributed by atoms with Gasteiger partial charge in [-0.15, -0.1) is 0 Å². The van der Waals surface area contributed by atoms with E-state index in [-0.39, 0.29) is 5.88 Å². The van der Waals surface area contributed by atoms with Crippen molar-refractivity contribution in [3.63, 3.8) is 0 Å². The van der Waals surface area contributed by atoms with Crippen LogP contribution in [0.5, 0.6) is 11.5 Å². The monoisotopic (exact) mass is 234 g/mol. The molecule has 1 aromatic carbocycles. The number of aryl methyl sites for hydroxylation is 1. The first-order chi connectivity index (χ1) is 8.17. The zero-order valence-corrected chi connectivity index (χ0v) is 9.98. The van der Waals surface area contributed by atoms with Crippen molar-refractivity contribution in [2.24, 2.45) is 0 Å². The normalized spacial score (nSPS) is 10.3. The highest BCUT2D eigenvalue weighted by Gasteiger charge is 2.16. The Bertz CT molecular complexity index is 535. The van der Waals surface area contributed by atoms with Crippen LogP contribution in [0, 0.1) is 6.92 Å². The number of nitrogen functional groups attached to an aromatic ring is 1. The molecule has 0 fully saturated rings. The highest BCUT2D eigenvalue weighted by atomic mass is 16.5. The fourth-order valence-corrected chi connectivity index (χ4v) is 1.78. The molecule has 0 saturated heterocycles. The van der Waals surface area contributed by atoms with Gasteiger partial charge in [-0.25, -0.2) is 0 Å². The number of ether oxygens (including phenoxy) is 2. The summed E-state index contributed by atoms with van der Waals surface area (Å²) >= 11 is 0. The molecule has 5 nitrogen and oxygen atoms in total. The molecule has 0 spiro atoms. The van der Waals surface area contributed by atoms with E-state index in [1.54, 1.807) is 20.4 Å². The van der Waals surface area contributed by atoms with Crippen molar-refractivity contribution in [2.75, 3.05) is 20.0 Å². The van der Waals surface area contributed by atoms with Crippen LogP contribution in [0.1, 0.15) is 5.56 Å². The highest BCUT2D eigenvalue weighted by molar-refractivity contribution is 5.79. The van der Waals surface area contributed by atoms with Crippen molar-refractivity contribution in [2.45, 2.75) is 6.92 Å². The summed E-state index contributed by atoms with van der Waals surface area (Å²) in [6, 6.07) is 3.74. The number of anilines is 1. The molecule has 0 aliphatic rings. The predicted molar refractivity (Wildman–Crippen MR) is 64.2 cm³/mol. The SMILES string of the molecule is COc1cc(C)c(OC)c(-c2cnoc2N)c1. The van der Waals surface area contributed by atoms with Gasteiger partial charge in [0.15, 0.2) is 0 Å². The number of aromatic nitrogens is 1. The van der Waals surface area contributed by atoms with Crippen molar-refractivity contribution in [1.29, 1.82) is 0 Å². The summed E-state index contributed by atoms with van der Waals surface area (Å²) in [6.45, 7) is 1.94. The molecule has 0 aliphatic carbocycles. The lowest BCUT2D eigenvalue weighted by molar-refractivity contribution is 0.402. The maximum atomic E-state index is 5.71. The molecule has 0 bridgehead atoms. The van der Waals surface area contributed by atoms with E-state index in [2.05, 4.69) is 5.16 Å². The molecule has 1 heterocycles. The van der Waals surface area contributed by atoms with Crippen LogP contribution < -0.4 is 15.2 Å². The van der Waals surface area contributed by atoms with Gasteiger partial charge in [0.25, 0.3) is 0 Å². The molecule has 0 unspecified atom stereocenters. The molecule has 0 saturated carbocycles. The molecule has 0 atom stereocenters. The van der Waals surface area contributed by atoms with Crippen molar-refractivity contribution in [3.8, 4) is 22.6 Å². The number of hydrogen-bond donors (Lipinski definition) is 1. The summed E-state index contributed by atoms with van der Waals surface area (Å²) in [5.74, 6) is 1.73. The van der Waals surface area contributed by atoms with Gasteiger partial charge in [-0.2, -0.15) is 0 Å². The molecule has 0 amide bonds. The minimum Gasteiger partial charge on any atom is -0.497 e. The Morgan fingerprint density at radius 1 is 1.18 bits per heavy atom. The molecule has 1 aromatic heterocycles. The number of hydrogen-bond acceptors (Lipinski definition) is 5. The molecular weight excluding hydrogens is 220 g/mol. The van der Waals surface area contributed by atoms with Gasteiger partial charge >= 0.3 is 0 Å². The first-order valence-corrected chi connectivity index (χ1v) is 5.10. The standard InChI is InChI=1S/C12H14N2O3/c1-7-4-8(15-2)5-9(11(7)16-3)10-6-14-17-12(10)13/h4-6H,13H2,1-3H3. The van der Waals surface area contributed by atoms with Crippen LogP contribution in [0.4, 0.5) is 5.88 Å². The van der Waals surface area contributed by atoms with Crippen LogP contribution in [0.2, 0.25) is 0 Å². The van der Waals surface area contributed by atoms with Gasteiger partial charge in [-0.3, -0.25) is 0 Å². The molecule has 2 aromatic rings. The topological polar surface area (TPSA) is 70.5 Å². The van der Waals surface area contributed by atoms with Crippen LogP contribution in [-0.4, -0.2) is 19.4 Å². The zero-order valence-electron chi connectivity index (χ0n) is 9.98. The Morgan fingerprint density at radius 2 is 1.94 bits per heavy atom. The lowest BCUT2D eigenvalue weighted by atomic mass is 10.0. The summed E-state index contributed by atoms with van der Waals surface area (Å²) in [5.41, 5.74) is 8.18. The minimum absolute atomic E-state index is 0.260. The average Bonchev–Trinajstić information content (AvgIpc) is 2.74.